The number of nitriles is 1. The molecule has 2 aromatic rings. The number of alkyl halides is 3. The van der Waals surface area contributed by atoms with Gasteiger partial charge in [-0.05, 0) is 20.8 Å². The molecule has 0 aromatic carbocycles. The molecule has 0 saturated heterocycles. The fraction of sp³-hybridized carbons (Fsp3) is 0.467. The summed E-state index contributed by atoms with van der Waals surface area (Å²) in [5, 5.41) is 18.8. The second-order valence-electron chi connectivity index (χ2n) is 5.88. The quantitative estimate of drug-likeness (QED) is 0.858. The van der Waals surface area contributed by atoms with Crippen molar-refractivity contribution in [1.82, 2.24) is 19.7 Å². The van der Waals surface area contributed by atoms with E-state index < -0.39 is 17.2 Å². The van der Waals surface area contributed by atoms with Gasteiger partial charge in [0.05, 0.1) is 17.2 Å². The fourth-order valence-corrected chi connectivity index (χ4v) is 2.01. The first kappa shape index (κ1) is 18.5. The van der Waals surface area contributed by atoms with Gasteiger partial charge in [0.25, 0.3) is 0 Å². The Hall–Kier alpha value is -2.83. The van der Waals surface area contributed by atoms with Crippen LogP contribution in [-0.4, -0.2) is 26.3 Å². The largest absolute Gasteiger partial charge is 0.421 e. The highest BCUT2D eigenvalue weighted by molar-refractivity contribution is 5.55. The first-order valence-electron chi connectivity index (χ1n) is 7.49. The average molecular weight is 353 g/mol. The number of aryl methyl sites for hydroxylation is 1. The van der Waals surface area contributed by atoms with Gasteiger partial charge in [-0.25, -0.2) is 4.98 Å². The van der Waals surface area contributed by atoms with Crippen LogP contribution < -0.4 is 10.6 Å². The van der Waals surface area contributed by atoms with Crippen molar-refractivity contribution in [2.24, 2.45) is 7.05 Å². The third-order valence-electron chi connectivity index (χ3n) is 3.48. The summed E-state index contributed by atoms with van der Waals surface area (Å²) in [6, 6.07) is 3.78. The maximum Gasteiger partial charge on any atom is 0.421 e. The number of rotatable bonds is 5. The smallest absolute Gasteiger partial charge is 0.370 e. The highest BCUT2D eigenvalue weighted by Gasteiger charge is 2.35. The SMILES string of the molecule is CCNc1nc(Nc2cc(C(C)(C)C#N)nn2C)ncc1C(F)(F)F. The summed E-state index contributed by atoms with van der Waals surface area (Å²) in [5.41, 5.74) is -1.21. The van der Waals surface area contributed by atoms with Gasteiger partial charge in [-0.15, -0.1) is 0 Å². The predicted octanol–water partition coefficient (Wildman–Crippen LogP) is 3.21. The summed E-state index contributed by atoms with van der Waals surface area (Å²) in [4.78, 5) is 7.63. The Morgan fingerprint density at radius 1 is 1.32 bits per heavy atom. The molecule has 2 heterocycles. The van der Waals surface area contributed by atoms with Crippen molar-refractivity contribution < 1.29 is 13.2 Å². The molecule has 0 radical (unpaired) electrons. The highest BCUT2D eigenvalue weighted by atomic mass is 19.4. The van der Waals surface area contributed by atoms with Crippen LogP contribution in [0.2, 0.25) is 0 Å². The van der Waals surface area contributed by atoms with Crippen molar-refractivity contribution in [2.45, 2.75) is 32.4 Å². The van der Waals surface area contributed by atoms with Gasteiger partial charge in [0.15, 0.2) is 0 Å². The highest BCUT2D eigenvalue weighted by Crippen LogP contribution is 2.34. The minimum Gasteiger partial charge on any atom is -0.370 e. The fourth-order valence-electron chi connectivity index (χ4n) is 2.01. The van der Waals surface area contributed by atoms with Crippen molar-refractivity contribution in [1.29, 1.82) is 5.26 Å². The normalized spacial score (nSPS) is 11.9. The standard InChI is InChI=1S/C15H18F3N7/c1-5-20-12-9(15(16,17)18)7-21-13(23-12)22-11-6-10(24-25(11)4)14(2,3)8-19/h6-7H,5H2,1-4H3,(H2,20,21,22,23). The number of anilines is 3. The molecular weight excluding hydrogens is 335 g/mol. The van der Waals surface area contributed by atoms with E-state index in [0.717, 1.165) is 6.20 Å². The molecule has 0 aliphatic rings. The lowest BCUT2D eigenvalue weighted by Crippen LogP contribution is -2.14. The van der Waals surface area contributed by atoms with E-state index in [1.165, 1.54) is 4.68 Å². The third-order valence-corrected chi connectivity index (χ3v) is 3.48. The predicted molar refractivity (Wildman–Crippen MR) is 86.3 cm³/mol. The summed E-state index contributed by atoms with van der Waals surface area (Å²) in [7, 11) is 1.65. The lowest BCUT2D eigenvalue weighted by atomic mass is 9.92. The molecule has 7 nitrogen and oxygen atoms in total. The zero-order chi connectivity index (χ0) is 18.8. The Labute approximate surface area is 142 Å². The van der Waals surface area contributed by atoms with Gasteiger partial charge < -0.3 is 10.6 Å². The zero-order valence-corrected chi connectivity index (χ0v) is 14.2. The number of aromatic nitrogens is 4. The molecule has 0 unspecified atom stereocenters. The monoisotopic (exact) mass is 353 g/mol. The molecule has 0 aliphatic heterocycles. The van der Waals surface area contributed by atoms with E-state index >= 15 is 0 Å². The van der Waals surface area contributed by atoms with Crippen LogP contribution in [0.1, 0.15) is 32.0 Å². The van der Waals surface area contributed by atoms with E-state index in [1.807, 2.05) is 0 Å². The van der Waals surface area contributed by atoms with Crippen molar-refractivity contribution >= 4 is 17.6 Å². The number of halogens is 3. The van der Waals surface area contributed by atoms with Crippen LogP contribution in [0.3, 0.4) is 0 Å². The first-order chi connectivity index (χ1) is 11.6. The summed E-state index contributed by atoms with van der Waals surface area (Å²) in [6.07, 6.45) is -3.82. The second kappa shape index (κ2) is 6.58. The lowest BCUT2D eigenvalue weighted by Gasteiger charge is -2.13. The zero-order valence-electron chi connectivity index (χ0n) is 14.2. The molecule has 0 fully saturated rings. The van der Waals surface area contributed by atoms with Crippen molar-refractivity contribution in [3.8, 4) is 6.07 Å². The van der Waals surface area contributed by atoms with E-state index in [0.29, 0.717) is 11.5 Å². The minimum absolute atomic E-state index is 0.00624. The number of hydrogen-bond acceptors (Lipinski definition) is 6. The molecule has 0 amide bonds. The topological polar surface area (TPSA) is 91.5 Å². The minimum atomic E-state index is -4.55. The Kier molecular flexibility index (Phi) is 4.87. The van der Waals surface area contributed by atoms with Crippen molar-refractivity contribution in [3.05, 3.63) is 23.5 Å². The molecule has 0 atom stereocenters. The van der Waals surface area contributed by atoms with E-state index in [1.54, 1.807) is 33.9 Å². The van der Waals surface area contributed by atoms with Crippen LogP contribution in [0.15, 0.2) is 12.3 Å². The van der Waals surface area contributed by atoms with Crippen LogP contribution in [-0.2, 0) is 18.6 Å². The number of nitrogens with one attached hydrogen (secondary N) is 2. The van der Waals surface area contributed by atoms with E-state index in [4.69, 9.17) is 0 Å². The number of hydrogen-bond donors (Lipinski definition) is 2. The van der Waals surface area contributed by atoms with Crippen molar-refractivity contribution in [2.75, 3.05) is 17.2 Å². The Morgan fingerprint density at radius 3 is 2.56 bits per heavy atom. The van der Waals surface area contributed by atoms with Gasteiger partial charge in [0.2, 0.25) is 5.95 Å². The maximum absolute atomic E-state index is 13.0. The van der Waals surface area contributed by atoms with Crippen LogP contribution in [0, 0.1) is 11.3 Å². The summed E-state index contributed by atoms with van der Waals surface area (Å²) in [5.74, 6) is 0.154. The van der Waals surface area contributed by atoms with Crippen LogP contribution in [0.4, 0.5) is 30.8 Å². The van der Waals surface area contributed by atoms with Gasteiger partial charge in [0, 0.05) is 25.9 Å². The molecule has 25 heavy (non-hydrogen) atoms. The molecule has 10 heteroatoms. The summed E-state index contributed by atoms with van der Waals surface area (Å²) in [6.45, 7) is 5.40. The first-order valence-corrected chi connectivity index (χ1v) is 7.49. The molecule has 2 aromatic heterocycles. The molecule has 0 spiro atoms. The van der Waals surface area contributed by atoms with Gasteiger partial charge in [0.1, 0.15) is 17.2 Å². The molecular formula is C15H18F3N7. The van der Waals surface area contributed by atoms with E-state index in [2.05, 4.69) is 31.8 Å². The summed E-state index contributed by atoms with van der Waals surface area (Å²) < 4.78 is 40.4. The van der Waals surface area contributed by atoms with Gasteiger partial charge in [-0.2, -0.15) is 28.5 Å². The van der Waals surface area contributed by atoms with Crippen molar-refractivity contribution in [3.63, 3.8) is 0 Å². The summed E-state index contributed by atoms with van der Waals surface area (Å²) >= 11 is 0. The molecule has 0 bridgehead atoms. The maximum atomic E-state index is 13.0. The second-order valence-corrected chi connectivity index (χ2v) is 5.88. The molecule has 0 aliphatic carbocycles. The molecule has 2 rings (SSSR count). The molecule has 0 saturated carbocycles. The Bertz CT molecular complexity index is 802. The van der Waals surface area contributed by atoms with Gasteiger partial charge >= 0.3 is 6.18 Å². The Balaban J connectivity index is 2.36. The van der Waals surface area contributed by atoms with Crippen LogP contribution in [0.5, 0.6) is 0 Å². The van der Waals surface area contributed by atoms with Gasteiger partial charge in [-0.1, -0.05) is 0 Å². The van der Waals surface area contributed by atoms with Gasteiger partial charge in [-0.3, -0.25) is 4.68 Å². The van der Waals surface area contributed by atoms with Crippen LogP contribution in [0.25, 0.3) is 0 Å². The van der Waals surface area contributed by atoms with E-state index in [-0.39, 0.29) is 18.3 Å². The Morgan fingerprint density at radius 2 is 2.00 bits per heavy atom. The third kappa shape index (κ3) is 3.99. The molecule has 134 valence electrons. The van der Waals surface area contributed by atoms with Crippen LogP contribution >= 0.6 is 0 Å². The van der Waals surface area contributed by atoms with E-state index in [9.17, 15) is 18.4 Å². The number of nitrogens with zero attached hydrogens (tertiary/aromatic N) is 5. The average Bonchev–Trinajstić information content (AvgIpc) is 2.88. The molecule has 2 N–H and O–H groups in total. The lowest BCUT2D eigenvalue weighted by molar-refractivity contribution is -0.137.